The van der Waals surface area contributed by atoms with Gasteiger partial charge in [-0.05, 0) is 53.9 Å². The van der Waals surface area contributed by atoms with Crippen LogP contribution in [0, 0.1) is 0 Å². The van der Waals surface area contributed by atoms with Crippen LogP contribution in [0.3, 0.4) is 0 Å². The maximum absolute atomic E-state index is 12.6. The molecule has 4 aromatic carbocycles. The summed E-state index contributed by atoms with van der Waals surface area (Å²) in [5, 5.41) is 4.05. The first-order chi connectivity index (χ1) is 16.8. The Bertz CT molecular complexity index is 1850. The van der Waals surface area contributed by atoms with Crippen LogP contribution in [0.5, 0.6) is 0 Å². The van der Waals surface area contributed by atoms with E-state index >= 15 is 0 Å². The molecule has 0 fully saturated rings. The minimum Gasteiger partial charge on any atom is -0.289 e. The third kappa shape index (κ3) is 4.48. The zero-order valence-electron chi connectivity index (χ0n) is 19.0. The first-order valence-corrected chi connectivity index (χ1v) is 13.5. The summed E-state index contributed by atoms with van der Waals surface area (Å²) in [7, 11) is 0. The van der Waals surface area contributed by atoms with Gasteiger partial charge in [0.15, 0.2) is 10.9 Å². The highest BCUT2D eigenvalue weighted by molar-refractivity contribution is 7.25. The summed E-state index contributed by atoms with van der Waals surface area (Å²) in [4.78, 5) is 24.9. The molecule has 0 unspecified atom stereocenters. The fourth-order valence-electron chi connectivity index (χ4n) is 4.18. The molecule has 174 valence electrons. The normalized spacial score (nSPS) is 11.3. The summed E-state index contributed by atoms with van der Waals surface area (Å²) in [5.74, 6) is 0.370. The molecule has 6 rings (SSSR count). The number of fused-ring (bicyclic) bond motifs is 4. The molecule has 0 aliphatic rings. The molecule has 6 heteroatoms. The van der Waals surface area contributed by atoms with E-state index in [9.17, 15) is 9.59 Å². The molecule has 0 aliphatic heterocycles. The zero-order valence-corrected chi connectivity index (χ0v) is 22.1. The van der Waals surface area contributed by atoms with E-state index in [4.69, 9.17) is 23.2 Å². The number of hydrogen-bond donors (Lipinski definition) is 0. The van der Waals surface area contributed by atoms with E-state index < -0.39 is 0 Å². The van der Waals surface area contributed by atoms with Crippen LogP contribution in [0.15, 0.2) is 88.5 Å². The molecule has 0 amide bonds. The van der Waals surface area contributed by atoms with Gasteiger partial charge in [0.2, 0.25) is 0 Å². The van der Waals surface area contributed by atoms with Crippen molar-refractivity contribution in [1.29, 1.82) is 0 Å². The van der Waals surface area contributed by atoms with E-state index in [0.29, 0.717) is 26.7 Å². The van der Waals surface area contributed by atoms with E-state index in [1.807, 2.05) is 60.7 Å². The molecule has 2 heterocycles. The second-order valence-electron chi connectivity index (χ2n) is 8.49. The van der Waals surface area contributed by atoms with Gasteiger partial charge < -0.3 is 0 Å². The molecule has 0 spiro atoms. The van der Waals surface area contributed by atoms with Crippen molar-refractivity contribution in [1.82, 2.24) is 0 Å². The predicted octanol–water partition coefficient (Wildman–Crippen LogP) is 9.26. The zero-order chi connectivity index (χ0) is 24.7. The average molecular weight is 536 g/mol. The van der Waals surface area contributed by atoms with Gasteiger partial charge in [-0.1, -0.05) is 73.4 Å². The van der Waals surface area contributed by atoms with E-state index in [-0.39, 0.29) is 10.9 Å². The third-order valence-corrected chi connectivity index (χ3v) is 8.84. The van der Waals surface area contributed by atoms with Crippen molar-refractivity contribution in [3.63, 3.8) is 0 Å². The maximum Gasteiger partial charge on any atom is 0.196 e. The lowest BCUT2D eigenvalue weighted by atomic mass is 9.98. The second kappa shape index (κ2) is 9.71. The molecule has 2 aromatic heterocycles. The minimum atomic E-state index is -0.0150. The Labute approximate surface area is 220 Å². The topological polar surface area (TPSA) is 34.1 Å². The smallest absolute Gasteiger partial charge is 0.196 e. The minimum absolute atomic E-state index is 0.0150. The van der Waals surface area contributed by atoms with Crippen LogP contribution in [0.2, 0.25) is 10.0 Å². The van der Waals surface area contributed by atoms with E-state index in [1.54, 1.807) is 23.5 Å². The van der Waals surface area contributed by atoms with Gasteiger partial charge in [-0.25, -0.2) is 0 Å². The lowest BCUT2D eigenvalue weighted by molar-refractivity contribution is 0.876. The van der Waals surface area contributed by atoms with Gasteiger partial charge in [0.1, 0.15) is 0 Å². The Hall–Kier alpha value is -2.76. The molecule has 2 nitrogen and oxygen atoms in total. The van der Waals surface area contributed by atoms with Gasteiger partial charge in [0.05, 0.1) is 9.72 Å². The fraction of sp³-hybridized carbons (Fsp3) is 0.103. The average Bonchev–Trinajstić information content (AvgIpc) is 2.85. The third-order valence-electron chi connectivity index (χ3n) is 5.86. The SMILES string of the molecule is CC(C)c1cccc2sc3ccccc3c(=O)c12.O=c1c2ccccc2sc2c(Cl)cc(Cl)cc12. The molecular formula is C29H20Cl2O2S2. The lowest BCUT2D eigenvalue weighted by Gasteiger charge is -2.09. The van der Waals surface area contributed by atoms with Gasteiger partial charge in [-0.2, -0.15) is 0 Å². The molecule has 0 bridgehead atoms. The maximum atomic E-state index is 12.6. The molecule has 0 saturated heterocycles. The van der Waals surface area contributed by atoms with Crippen molar-refractivity contribution in [2.75, 3.05) is 0 Å². The van der Waals surface area contributed by atoms with Crippen LogP contribution < -0.4 is 10.9 Å². The van der Waals surface area contributed by atoms with Gasteiger partial charge in [-0.15, -0.1) is 22.7 Å². The lowest BCUT2D eigenvalue weighted by Crippen LogP contribution is -2.05. The van der Waals surface area contributed by atoms with Crippen molar-refractivity contribution < 1.29 is 0 Å². The first-order valence-electron chi connectivity index (χ1n) is 11.1. The van der Waals surface area contributed by atoms with Crippen LogP contribution in [-0.2, 0) is 0 Å². The predicted molar refractivity (Wildman–Crippen MR) is 155 cm³/mol. The summed E-state index contributed by atoms with van der Waals surface area (Å²) >= 11 is 15.3. The number of halogens is 2. The fourth-order valence-corrected chi connectivity index (χ4v) is 6.96. The van der Waals surface area contributed by atoms with Crippen molar-refractivity contribution >= 4 is 86.2 Å². The molecule has 35 heavy (non-hydrogen) atoms. The summed E-state index contributed by atoms with van der Waals surface area (Å²) in [5.41, 5.74) is 1.31. The summed E-state index contributed by atoms with van der Waals surface area (Å²) < 4.78 is 3.88. The molecule has 0 atom stereocenters. The summed E-state index contributed by atoms with van der Waals surface area (Å²) in [6, 6.07) is 24.9. The molecule has 0 N–H and O–H groups in total. The van der Waals surface area contributed by atoms with Crippen LogP contribution in [-0.4, -0.2) is 0 Å². The Morgan fingerprint density at radius 2 is 1.26 bits per heavy atom. The van der Waals surface area contributed by atoms with E-state index in [1.165, 1.54) is 11.3 Å². The van der Waals surface area contributed by atoms with Gasteiger partial charge >= 0.3 is 0 Å². The van der Waals surface area contributed by atoms with Gasteiger partial charge in [0, 0.05) is 40.7 Å². The number of hydrogen-bond acceptors (Lipinski definition) is 4. The summed E-state index contributed by atoms with van der Waals surface area (Å²) in [6.07, 6.45) is 0. The standard InChI is InChI=1S/C16H14OS.C13H6Cl2OS/c1-10(2)11-7-5-9-14-15(11)16(17)12-6-3-4-8-13(12)18-14;14-7-5-9-12(16)8-3-1-2-4-11(8)17-13(9)10(15)6-7/h3-10H,1-2H3;1-6H. The largest absolute Gasteiger partial charge is 0.289 e. The van der Waals surface area contributed by atoms with Crippen molar-refractivity contribution in [3.8, 4) is 0 Å². The van der Waals surface area contributed by atoms with Crippen molar-refractivity contribution in [3.05, 3.63) is 115 Å². The highest BCUT2D eigenvalue weighted by atomic mass is 35.5. The monoisotopic (exact) mass is 534 g/mol. The van der Waals surface area contributed by atoms with Crippen LogP contribution in [0.1, 0.15) is 25.3 Å². The summed E-state index contributed by atoms with van der Waals surface area (Å²) in [6.45, 7) is 4.27. The van der Waals surface area contributed by atoms with Crippen LogP contribution >= 0.6 is 45.9 Å². The highest BCUT2D eigenvalue weighted by Crippen LogP contribution is 2.33. The van der Waals surface area contributed by atoms with Gasteiger partial charge in [-0.3, -0.25) is 9.59 Å². The quantitative estimate of drug-likeness (QED) is 0.197. The van der Waals surface area contributed by atoms with E-state index in [2.05, 4.69) is 19.9 Å². The Balaban J connectivity index is 0.000000145. The molecule has 0 aliphatic carbocycles. The van der Waals surface area contributed by atoms with Crippen LogP contribution in [0.4, 0.5) is 0 Å². The Kier molecular flexibility index (Phi) is 6.65. The van der Waals surface area contributed by atoms with Crippen molar-refractivity contribution in [2.45, 2.75) is 19.8 Å². The molecule has 6 aromatic rings. The van der Waals surface area contributed by atoms with E-state index in [0.717, 1.165) is 35.1 Å². The highest BCUT2D eigenvalue weighted by Gasteiger charge is 2.12. The van der Waals surface area contributed by atoms with Gasteiger partial charge in [0.25, 0.3) is 0 Å². The molecular weight excluding hydrogens is 515 g/mol. The Morgan fingerprint density at radius 3 is 1.94 bits per heavy atom. The molecule has 0 saturated carbocycles. The molecule has 0 radical (unpaired) electrons. The first kappa shape index (κ1) is 24.0. The Morgan fingerprint density at radius 1 is 0.657 bits per heavy atom. The van der Waals surface area contributed by atoms with Crippen molar-refractivity contribution in [2.24, 2.45) is 0 Å². The number of benzene rings is 4. The van der Waals surface area contributed by atoms with Crippen LogP contribution in [0.25, 0.3) is 40.3 Å². The number of rotatable bonds is 1. The second-order valence-corrected chi connectivity index (χ2v) is 11.5.